The van der Waals surface area contributed by atoms with Crippen LogP contribution in [-0.2, 0) is 0 Å². The van der Waals surface area contributed by atoms with E-state index in [1.165, 1.54) is 23.1 Å². The van der Waals surface area contributed by atoms with Crippen LogP contribution in [0.5, 0.6) is 0 Å². The van der Waals surface area contributed by atoms with Crippen LogP contribution < -0.4 is 5.32 Å². The molecule has 1 heterocycles. The molecule has 0 aliphatic heterocycles. The van der Waals surface area contributed by atoms with Crippen LogP contribution in [-0.4, -0.2) is 11.2 Å². The Hall–Kier alpha value is -2.29. The number of thioether (sulfide) groups is 1. The fraction of sp³-hybridized carbons (Fsp3) is 0.0588. The molecule has 0 amide bonds. The van der Waals surface area contributed by atoms with Crippen LogP contribution in [0.25, 0.3) is 15.8 Å². The van der Waals surface area contributed by atoms with Gasteiger partial charge in [-0.15, -0.1) is 23.1 Å². The predicted molar refractivity (Wildman–Crippen MR) is 95.7 cm³/mol. The van der Waals surface area contributed by atoms with Gasteiger partial charge in [0.1, 0.15) is 16.6 Å². The maximum atomic E-state index is 9.59. The van der Waals surface area contributed by atoms with Gasteiger partial charge in [-0.3, -0.25) is 0 Å². The van der Waals surface area contributed by atoms with Gasteiger partial charge >= 0.3 is 0 Å². The van der Waals surface area contributed by atoms with E-state index in [9.17, 15) is 5.26 Å². The summed E-state index contributed by atoms with van der Waals surface area (Å²) in [6.45, 7) is 0. The number of thiazole rings is 1. The number of para-hydroxylation sites is 2. The molecular weight excluding hydrogens is 310 g/mol. The number of nitriles is 1. The number of rotatable bonds is 4. The molecule has 0 fully saturated rings. The highest BCUT2D eigenvalue weighted by atomic mass is 32.2. The SMILES string of the molecule is CS/C(Nc1ccccc1)=C(\C#N)c1nc2ccccc2s1. The second kappa shape index (κ2) is 6.65. The van der Waals surface area contributed by atoms with Crippen LogP contribution >= 0.6 is 23.1 Å². The van der Waals surface area contributed by atoms with Crippen LogP contribution in [0.15, 0.2) is 59.6 Å². The lowest BCUT2D eigenvalue weighted by molar-refractivity contribution is 1.42. The fourth-order valence-electron chi connectivity index (χ4n) is 2.04. The standard InChI is InChI=1S/C17H13N3S2/c1-21-16(19-12-7-3-2-4-8-12)13(11-18)17-20-14-9-5-6-10-15(14)22-17/h2-10,19H,1H3/b16-13+. The molecule has 0 aliphatic rings. The second-order valence-corrected chi connectivity index (χ2v) is 6.34. The smallest absolute Gasteiger partial charge is 0.137 e. The molecule has 0 aliphatic carbocycles. The van der Waals surface area contributed by atoms with Gasteiger partial charge in [0.25, 0.3) is 0 Å². The van der Waals surface area contributed by atoms with E-state index < -0.39 is 0 Å². The Morgan fingerprint density at radius 2 is 1.86 bits per heavy atom. The van der Waals surface area contributed by atoms with Gasteiger partial charge in [-0.25, -0.2) is 4.98 Å². The number of fused-ring (bicyclic) bond motifs is 1. The van der Waals surface area contributed by atoms with E-state index in [2.05, 4.69) is 16.4 Å². The lowest BCUT2D eigenvalue weighted by atomic mass is 10.3. The summed E-state index contributed by atoms with van der Waals surface area (Å²) in [5.41, 5.74) is 2.47. The number of benzene rings is 2. The van der Waals surface area contributed by atoms with Crippen molar-refractivity contribution in [2.24, 2.45) is 0 Å². The average Bonchev–Trinajstić information content (AvgIpc) is 2.99. The van der Waals surface area contributed by atoms with Crippen molar-refractivity contribution in [2.75, 3.05) is 11.6 Å². The highest BCUT2D eigenvalue weighted by molar-refractivity contribution is 8.02. The van der Waals surface area contributed by atoms with Crippen molar-refractivity contribution < 1.29 is 0 Å². The third-order valence-electron chi connectivity index (χ3n) is 3.08. The molecule has 3 rings (SSSR count). The number of allylic oxidation sites excluding steroid dienone is 1. The van der Waals surface area contributed by atoms with E-state index >= 15 is 0 Å². The zero-order valence-electron chi connectivity index (χ0n) is 11.9. The molecular formula is C17H13N3S2. The third-order valence-corrected chi connectivity index (χ3v) is 4.85. The summed E-state index contributed by atoms with van der Waals surface area (Å²) >= 11 is 3.05. The first-order valence-corrected chi connectivity index (χ1v) is 8.72. The molecule has 0 spiro atoms. The Bertz CT molecular complexity index is 827. The first kappa shape index (κ1) is 14.6. The van der Waals surface area contributed by atoms with Crippen molar-refractivity contribution in [2.45, 2.75) is 0 Å². The number of hydrogen-bond acceptors (Lipinski definition) is 5. The first-order valence-electron chi connectivity index (χ1n) is 6.68. The van der Waals surface area contributed by atoms with E-state index in [1.54, 1.807) is 0 Å². The van der Waals surface area contributed by atoms with Gasteiger partial charge in [-0.2, -0.15) is 5.26 Å². The molecule has 0 bridgehead atoms. The molecule has 3 aromatic rings. The Balaban J connectivity index is 2.04. The van der Waals surface area contributed by atoms with Crippen LogP contribution in [0.2, 0.25) is 0 Å². The third kappa shape index (κ3) is 2.98. The number of anilines is 1. The van der Waals surface area contributed by atoms with Crippen molar-refractivity contribution >= 4 is 44.6 Å². The van der Waals surface area contributed by atoms with E-state index in [1.807, 2.05) is 60.9 Å². The average molecular weight is 323 g/mol. The van der Waals surface area contributed by atoms with E-state index in [0.717, 1.165) is 25.9 Å². The molecule has 3 nitrogen and oxygen atoms in total. The zero-order chi connectivity index (χ0) is 15.4. The van der Waals surface area contributed by atoms with Crippen molar-refractivity contribution in [3.63, 3.8) is 0 Å². The summed E-state index contributed by atoms with van der Waals surface area (Å²) in [7, 11) is 0. The normalized spacial score (nSPS) is 11.8. The molecule has 0 unspecified atom stereocenters. The lowest BCUT2D eigenvalue weighted by Gasteiger charge is -2.09. The van der Waals surface area contributed by atoms with Gasteiger partial charge in [0.15, 0.2) is 0 Å². The maximum absolute atomic E-state index is 9.59. The quantitative estimate of drug-likeness (QED) is 0.689. The number of aromatic nitrogens is 1. The van der Waals surface area contributed by atoms with Crippen molar-refractivity contribution in [1.29, 1.82) is 5.26 Å². The Labute approximate surface area is 137 Å². The molecule has 2 aromatic carbocycles. The number of nitrogens with zero attached hydrogens (tertiary/aromatic N) is 2. The van der Waals surface area contributed by atoms with E-state index in [4.69, 9.17) is 0 Å². The largest absolute Gasteiger partial charge is 0.349 e. The maximum Gasteiger partial charge on any atom is 0.137 e. The molecule has 0 saturated carbocycles. The van der Waals surface area contributed by atoms with Gasteiger partial charge in [-0.1, -0.05) is 30.3 Å². The zero-order valence-corrected chi connectivity index (χ0v) is 13.5. The number of nitrogens with one attached hydrogen (secondary N) is 1. The van der Waals surface area contributed by atoms with Crippen LogP contribution in [0.1, 0.15) is 5.01 Å². The Morgan fingerprint density at radius 1 is 1.14 bits per heavy atom. The van der Waals surface area contributed by atoms with E-state index in [-0.39, 0.29) is 0 Å². The monoisotopic (exact) mass is 323 g/mol. The molecule has 0 atom stereocenters. The summed E-state index contributed by atoms with van der Waals surface area (Å²) in [4.78, 5) is 4.58. The first-order chi connectivity index (χ1) is 10.8. The minimum absolute atomic E-state index is 0.581. The van der Waals surface area contributed by atoms with Crippen LogP contribution in [0.4, 0.5) is 5.69 Å². The molecule has 108 valence electrons. The van der Waals surface area contributed by atoms with Crippen molar-refractivity contribution in [3.05, 3.63) is 64.6 Å². The van der Waals surface area contributed by atoms with Gasteiger partial charge in [0.2, 0.25) is 0 Å². The van der Waals surface area contributed by atoms with Crippen molar-refractivity contribution in [3.8, 4) is 6.07 Å². The van der Waals surface area contributed by atoms with Gasteiger partial charge in [-0.05, 0) is 30.5 Å². The van der Waals surface area contributed by atoms with E-state index in [0.29, 0.717) is 5.57 Å². The minimum Gasteiger partial charge on any atom is -0.349 e. The summed E-state index contributed by atoms with van der Waals surface area (Å²) in [5.74, 6) is 0. The topological polar surface area (TPSA) is 48.7 Å². The fourth-order valence-corrected chi connectivity index (χ4v) is 3.64. The summed E-state index contributed by atoms with van der Waals surface area (Å²) in [6, 6.07) is 20.1. The predicted octanol–water partition coefficient (Wildman–Crippen LogP) is 4.96. The molecule has 0 radical (unpaired) electrons. The summed E-state index contributed by atoms with van der Waals surface area (Å²) in [5, 5.41) is 14.5. The minimum atomic E-state index is 0.581. The lowest BCUT2D eigenvalue weighted by Crippen LogP contribution is -1.99. The molecule has 22 heavy (non-hydrogen) atoms. The number of hydrogen-bond donors (Lipinski definition) is 1. The Kier molecular flexibility index (Phi) is 4.42. The summed E-state index contributed by atoms with van der Waals surface area (Å²) < 4.78 is 1.09. The van der Waals surface area contributed by atoms with Gasteiger partial charge < -0.3 is 5.32 Å². The van der Waals surface area contributed by atoms with Crippen LogP contribution in [0.3, 0.4) is 0 Å². The van der Waals surface area contributed by atoms with Crippen molar-refractivity contribution in [1.82, 2.24) is 4.98 Å². The van der Waals surface area contributed by atoms with Crippen LogP contribution in [0, 0.1) is 11.3 Å². The molecule has 0 saturated heterocycles. The molecule has 5 heteroatoms. The highest BCUT2D eigenvalue weighted by Gasteiger charge is 2.14. The van der Waals surface area contributed by atoms with Gasteiger partial charge in [0.05, 0.1) is 15.2 Å². The molecule has 1 N–H and O–H groups in total. The highest BCUT2D eigenvalue weighted by Crippen LogP contribution is 2.31. The molecule has 1 aromatic heterocycles. The second-order valence-electron chi connectivity index (χ2n) is 4.50. The Morgan fingerprint density at radius 3 is 2.55 bits per heavy atom. The van der Waals surface area contributed by atoms with Gasteiger partial charge in [0, 0.05) is 5.69 Å². The summed E-state index contributed by atoms with van der Waals surface area (Å²) in [6.07, 6.45) is 1.95.